The molecule has 2 heterocycles. The molecule has 136 valence electrons. The Hall–Kier alpha value is -2.94. The Morgan fingerprint density at radius 1 is 1.31 bits per heavy atom. The van der Waals surface area contributed by atoms with Gasteiger partial charge in [0, 0.05) is 17.8 Å². The normalized spacial score (nSPS) is 12.1. The standard InChI is InChI=1S/C17H17N3O5S/c1-9-14(18-7-11(16(21)22)15(9)25-3)8-26(23)17-19-12-5-4-10(24-2)6-13(12)20-17/h4-7H,8H2,1-3H3,(H,19,20)(H,21,22)/t26-/m1/s1. The molecule has 0 aliphatic carbocycles. The van der Waals surface area contributed by atoms with E-state index in [1.54, 1.807) is 32.2 Å². The van der Waals surface area contributed by atoms with Crippen molar-refractivity contribution in [1.82, 2.24) is 15.0 Å². The highest BCUT2D eigenvalue weighted by molar-refractivity contribution is 7.84. The number of carboxylic acid groups (broad SMARTS) is 1. The number of aromatic carboxylic acids is 1. The molecule has 0 bridgehead atoms. The van der Waals surface area contributed by atoms with Gasteiger partial charge >= 0.3 is 5.97 Å². The number of benzene rings is 1. The molecule has 1 atom stereocenters. The number of pyridine rings is 1. The van der Waals surface area contributed by atoms with Crippen LogP contribution in [0.25, 0.3) is 11.0 Å². The highest BCUT2D eigenvalue weighted by atomic mass is 32.2. The predicted octanol–water partition coefficient (Wildman–Crippen LogP) is 2.29. The van der Waals surface area contributed by atoms with Crippen LogP contribution in [0.4, 0.5) is 0 Å². The molecule has 0 spiro atoms. The fourth-order valence-electron chi connectivity index (χ4n) is 2.58. The molecule has 9 heteroatoms. The number of methoxy groups -OCH3 is 2. The van der Waals surface area contributed by atoms with E-state index in [9.17, 15) is 14.1 Å². The monoisotopic (exact) mass is 375 g/mol. The van der Waals surface area contributed by atoms with Gasteiger partial charge in [-0.3, -0.25) is 9.19 Å². The minimum absolute atomic E-state index is 0.0321. The molecule has 2 aromatic heterocycles. The van der Waals surface area contributed by atoms with Crippen LogP contribution in [0.15, 0.2) is 29.6 Å². The van der Waals surface area contributed by atoms with E-state index in [0.29, 0.717) is 27.7 Å². The molecular formula is C17H17N3O5S. The molecule has 0 saturated heterocycles. The second-order valence-corrected chi connectivity index (χ2v) is 6.86. The fourth-order valence-corrected chi connectivity index (χ4v) is 3.68. The van der Waals surface area contributed by atoms with E-state index in [1.165, 1.54) is 13.3 Å². The van der Waals surface area contributed by atoms with Crippen molar-refractivity contribution in [3.05, 3.63) is 41.2 Å². The summed E-state index contributed by atoms with van der Waals surface area (Å²) in [5.41, 5.74) is 2.39. The first-order valence-corrected chi connectivity index (χ1v) is 8.94. The van der Waals surface area contributed by atoms with Crippen molar-refractivity contribution < 1.29 is 23.6 Å². The Kier molecular flexibility index (Phi) is 4.90. The zero-order valence-corrected chi connectivity index (χ0v) is 15.2. The molecule has 2 N–H and O–H groups in total. The number of ether oxygens (including phenoxy) is 2. The Labute approximate surface area is 151 Å². The highest BCUT2D eigenvalue weighted by Crippen LogP contribution is 2.27. The molecule has 0 unspecified atom stereocenters. The number of hydrogen-bond donors (Lipinski definition) is 2. The van der Waals surface area contributed by atoms with Crippen molar-refractivity contribution in [2.24, 2.45) is 0 Å². The van der Waals surface area contributed by atoms with Crippen molar-refractivity contribution in [2.75, 3.05) is 14.2 Å². The Morgan fingerprint density at radius 3 is 2.73 bits per heavy atom. The van der Waals surface area contributed by atoms with Gasteiger partial charge in [0.2, 0.25) is 0 Å². The molecule has 8 nitrogen and oxygen atoms in total. The average molecular weight is 375 g/mol. The number of nitrogens with one attached hydrogen (secondary N) is 1. The van der Waals surface area contributed by atoms with Gasteiger partial charge in [-0.1, -0.05) is 0 Å². The summed E-state index contributed by atoms with van der Waals surface area (Å²) in [6.07, 6.45) is 1.21. The van der Waals surface area contributed by atoms with Crippen molar-refractivity contribution in [2.45, 2.75) is 17.8 Å². The zero-order valence-electron chi connectivity index (χ0n) is 14.4. The maximum absolute atomic E-state index is 12.7. The SMILES string of the molecule is COc1ccc2nc([S@](=O)Cc3ncc(C(=O)O)c(OC)c3C)[nH]c2c1. The van der Waals surface area contributed by atoms with Crippen molar-refractivity contribution >= 4 is 27.8 Å². The minimum atomic E-state index is -1.49. The Morgan fingerprint density at radius 2 is 2.08 bits per heavy atom. The Bertz CT molecular complexity index is 1020. The first kappa shape index (κ1) is 17.9. The molecule has 0 amide bonds. The summed E-state index contributed by atoms with van der Waals surface area (Å²) in [5, 5.41) is 9.51. The van der Waals surface area contributed by atoms with Crippen LogP contribution in [0, 0.1) is 6.92 Å². The van der Waals surface area contributed by atoms with Crippen molar-refractivity contribution in [3.63, 3.8) is 0 Å². The van der Waals surface area contributed by atoms with E-state index < -0.39 is 16.8 Å². The molecule has 0 aliphatic heterocycles. The largest absolute Gasteiger partial charge is 0.497 e. The first-order valence-electron chi connectivity index (χ1n) is 7.62. The van der Waals surface area contributed by atoms with Gasteiger partial charge in [0.1, 0.15) is 17.1 Å². The number of fused-ring (bicyclic) bond motifs is 1. The van der Waals surface area contributed by atoms with Gasteiger partial charge < -0.3 is 19.6 Å². The van der Waals surface area contributed by atoms with Crippen LogP contribution in [-0.2, 0) is 16.6 Å². The summed E-state index contributed by atoms with van der Waals surface area (Å²) in [7, 11) is 1.47. The number of carbonyl (C=O) groups is 1. The molecule has 1 aromatic carbocycles. The highest BCUT2D eigenvalue weighted by Gasteiger charge is 2.20. The third-order valence-corrected chi connectivity index (χ3v) is 5.11. The van der Waals surface area contributed by atoms with E-state index in [1.807, 2.05) is 0 Å². The lowest BCUT2D eigenvalue weighted by Crippen LogP contribution is -2.08. The van der Waals surface area contributed by atoms with E-state index in [2.05, 4.69) is 15.0 Å². The van der Waals surface area contributed by atoms with Gasteiger partial charge in [-0.15, -0.1) is 0 Å². The summed E-state index contributed by atoms with van der Waals surface area (Å²) >= 11 is 0. The summed E-state index contributed by atoms with van der Waals surface area (Å²) in [6.45, 7) is 1.69. The third-order valence-electron chi connectivity index (χ3n) is 3.95. The summed E-state index contributed by atoms with van der Waals surface area (Å²) in [6, 6.07) is 5.33. The van der Waals surface area contributed by atoms with Crippen LogP contribution in [-0.4, -0.2) is 44.5 Å². The number of carboxylic acids is 1. The number of aromatic amines is 1. The number of rotatable bonds is 6. The van der Waals surface area contributed by atoms with Gasteiger partial charge in [-0.05, 0) is 19.1 Å². The number of imidazole rings is 1. The lowest BCUT2D eigenvalue weighted by atomic mass is 10.1. The van der Waals surface area contributed by atoms with Crippen LogP contribution in [0.2, 0.25) is 0 Å². The predicted molar refractivity (Wildman–Crippen MR) is 95.2 cm³/mol. The van der Waals surface area contributed by atoms with Gasteiger partial charge in [-0.25, -0.2) is 9.78 Å². The van der Waals surface area contributed by atoms with Crippen LogP contribution in [0.3, 0.4) is 0 Å². The smallest absolute Gasteiger partial charge is 0.341 e. The summed E-state index contributed by atoms with van der Waals surface area (Å²) < 4.78 is 23.0. The summed E-state index contributed by atoms with van der Waals surface area (Å²) in [5.74, 6) is -0.158. The number of aromatic nitrogens is 3. The summed E-state index contributed by atoms with van der Waals surface area (Å²) in [4.78, 5) is 22.7. The molecule has 0 aliphatic rings. The quantitative estimate of drug-likeness (QED) is 0.679. The van der Waals surface area contributed by atoms with Crippen LogP contribution >= 0.6 is 0 Å². The van der Waals surface area contributed by atoms with E-state index in [-0.39, 0.29) is 17.1 Å². The fraction of sp³-hybridized carbons (Fsp3) is 0.235. The molecule has 26 heavy (non-hydrogen) atoms. The van der Waals surface area contributed by atoms with Crippen LogP contribution in [0.5, 0.6) is 11.5 Å². The maximum Gasteiger partial charge on any atom is 0.341 e. The van der Waals surface area contributed by atoms with E-state index in [0.717, 1.165) is 5.52 Å². The van der Waals surface area contributed by atoms with Crippen molar-refractivity contribution in [3.8, 4) is 11.5 Å². The van der Waals surface area contributed by atoms with Gasteiger partial charge in [0.25, 0.3) is 0 Å². The minimum Gasteiger partial charge on any atom is -0.497 e. The lowest BCUT2D eigenvalue weighted by Gasteiger charge is -2.11. The zero-order chi connectivity index (χ0) is 18.8. The molecule has 0 fully saturated rings. The second kappa shape index (κ2) is 7.12. The number of H-pyrrole nitrogens is 1. The molecule has 3 rings (SSSR count). The third kappa shape index (κ3) is 3.25. The first-order chi connectivity index (χ1) is 12.4. The number of nitrogens with zero attached hydrogens (tertiary/aromatic N) is 2. The Balaban J connectivity index is 1.91. The molecule has 3 aromatic rings. The van der Waals surface area contributed by atoms with Crippen LogP contribution < -0.4 is 9.47 Å². The molecular weight excluding hydrogens is 358 g/mol. The average Bonchev–Trinajstić information content (AvgIpc) is 3.06. The number of hydrogen-bond acceptors (Lipinski definition) is 6. The van der Waals surface area contributed by atoms with Gasteiger partial charge in [0.15, 0.2) is 5.16 Å². The maximum atomic E-state index is 12.7. The van der Waals surface area contributed by atoms with Gasteiger partial charge in [-0.2, -0.15) is 0 Å². The van der Waals surface area contributed by atoms with E-state index >= 15 is 0 Å². The molecule has 0 radical (unpaired) electrons. The second-order valence-electron chi connectivity index (χ2n) is 5.50. The topological polar surface area (TPSA) is 114 Å². The van der Waals surface area contributed by atoms with Gasteiger partial charge in [0.05, 0.1) is 47.5 Å². The lowest BCUT2D eigenvalue weighted by molar-refractivity contribution is 0.0692. The van der Waals surface area contributed by atoms with Crippen LogP contribution in [0.1, 0.15) is 21.6 Å². The van der Waals surface area contributed by atoms with Crippen molar-refractivity contribution in [1.29, 1.82) is 0 Å². The van der Waals surface area contributed by atoms with E-state index in [4.69, 9.17) is 9.47 Å². The molecule has 0 saturated carbocycles.